The summed E-state index contributed by atoms with van der Waals surface area (Å²) >= 11 is 0. The summed E-state index contributed by atoms with van der Waals surface area (Å²) in [6, 6.07) is 10.5. The zero-order valence-corrected chi connectivity index (χ0v) is 20.0. The van der Waals surface area contributed by atoms with E-state index in [9.17, 15) is 14.0 Å². The van der Waals surface area contributed by atoms with E-state index in [-0.39, 0.29) is 11.6 Å². The van der Waals surface area contributed by atoms with Gasteiger partial charge in [0.15, 0.2) is 0 Å². The van der Waals surface area contributed by atoms with Crippen LogP contribution in [0.15, 0.2) is 40.9 Å². The second-order valence-electron chi connectivity index (χ2n) is 8.57. The Morgan fingerprint density at radius 2 is 1.85 bits per heavy atom. The SMILES string of the molecule is CC(C)=O.CCc1cc(-c2nc(-c3ccc(C(=O)O)c(F)c3)no2)ccc1N1CCCCC1C. The fraction of sp³-hybridized carbons (Fsp3) is 0.385. The first-order chi connectivity index (χ1) is 16.2. The molecule has 180 valence electrons. The van der Waals surface area contributed by atoms with Gasteiger partial charge < -0.3 is 19.3 Å². The summed E-state index contributed by atoms with van der Waals surface area (Å²) in [5, 5.41) is 12.9. The van der Waals surface area contributed by atoms with Crippen molar-refractivity contribution in [3.05, 3.63) is 53.3 Å². The van der Waals surface area contributed by atoms with Crippen molar-refractivity contribution in [2.45, 2.75) is 59.4 Å². The van der Waals surface area contributed by atoms with Crippen LogP contribution in [0.5, 0.6) is 0 Å². The van der Waals surface area contributed by atoms with E-state index in [0.717, 1.165) is 24.6 Å². The van der Waals surface area contributed by atoms with E-state index in [4.69, 9.17) is 9.63 Å². The number of hydrogen-bond donors (Lipinski definition) is 1. The lowest BCUT2D eigenvalue weighted by molar-refractivity contribution is -0.115. The fourth-order valence-corrected chi connectivity index (χ4v) is 4.02. The maximum absolute atomic E-state index is 14.0. The zero-order valence-electron chi connectivity index (χ0n) is 20.0. The third-order valence-electron chi connectivity index (χ3n) is 5.70. The van der Waals surface area contributed by atoms with Crippen LogP contribution in [0.25, 0.3) is 22.8 Å². The summed E-state index contributed by atoms with van der Waals surface area (Å²) < 4.78 is 19.4. The largest absolute Gasteiger partial charge is 0.478 e. The second kappa shape index (κ2) is 11.0. The van der Waals surface area contributed by atoms with Crippen LogP contribution in [0.4, 0.5) is 10.1 Å². The lowest BCUT2D eigenvalue weighted by atomic mass is 9.99. The number of hydrogen-bond acceptors (Lipinski definition) is 6. The molecule has 1 fully saturated rings. The summed E-state index contributed by atoms with van der Waals surface area (Å²) in [6.45, 7) is 8.52. The Bertz CT molecular complexity index is 1170. The predicted molar refractivity (Wildman–Crippen MR) is 128 cm³/mol. The number of carboxylic acids is 1. The maximum Gasteiger partial charge on any atom is 0.338 e. The van der Waals surface area contributed by atoms with Gasteiger partial charge in [-0.25, -0.2) is 9.18 Å². The first-order valence-electron chi connectivity index (χ1n) is 11.4. The van der Waals surface area contributed by atoms with Crippen molar-refractivity contribution in [3.63, 3.8) is 0 Å². The lowest BCUT2D eigenvalue weighted by Gasteiger charge is -2.36. The van der Waals surface area contributed by atoms with Crippen molar-refractivity contribution >= 4 is 17.4 Å². The first kappa shape index (κ1) is 25.1. The van der Waals surface area contributed by atoms with Crippen molar-refractivity contribution in [1.82, 2.24) is 10.1 Å². The standard InChI is InChI=1S/C23H24FN3O3.C3H6O/c1-3-15-12-17(8-10-20(15)27-11-5-4-6-14(27)2)22-25-21(26-30-22)16-7-9-18(23(28)29)19(24)13-16;1-3(2)4/h7-10,12-14H,3-6,11H2,1-2H3,(H,28,29);1-2H3. The number of anilines is 1. The molecular weight excluding hydrogens is 437 g/mol. The summed E-state index contributed by atoms with van der Waals surface area (Å²) in [4.78, 5) is 27.3. The van der Waals surface area contributed by atoms with Gasteiger partial charge in [0.05, 0.1) is 5.56 Å². The van der Waals surface area contributed by atoms with Gasteiger partial charge in [-0.3, -0.25) is 0 Å². The molecule has 1 saturated heterocycles. The molecule has 1 aliphatic rings. The highest BCUT2D eigenvalue weighted by Gasteiger charge is 2.22. The number of aromatic carboxylic acids is 1. The molecule has 34 heavy (non-hydrogen) atoms. The smallest absolute Gasteiger partial charge is 0.338 e. The van der Waals surface area contributed by atoms with Crippen LogP contribution in [-0.2, 0) is 11.2 Å². The summed E-state index contributed by atoms with van der Waals surface area (Å²) in [7, 11) is 0. The molecule has 1 aromatic heterocycles. The van der Waals surface area contributed by atoms with Crippen LogP contribution in [0, 0.1) is 5.82 Å². The highest BCUT2D eigenvalue weighted by molar-refractivity contribution is 5.88. The number of piperidine rings is 1. The van der Waals surface area contributed by atoms with Crippen molar-refractivity contribution < 1.29 is 23.6 Å². The lowest BCUT2D eigenvalue weighted by Crippen LogP contribution is -2.37. The van der Waals surface area contributed by atoms with Gasteiger partial charge in [0.25, 0.3) is 5.89 Å². The molecule has 0 aliphatic carbocycles. The Morgan fingerprint density at radius 3 is 2.47 bits per heavy atom. The number of benzene rings is 2. The average molecular weight is 468 g/mol. The van der Waals surface area contributed by atoms with E-state index in [1.165, 1.54) is 56.5 Å². The number of carboxylic acid groups (broad SMARTS) is 1. The van der Waals surface area contributed by atoms with E-state index in [1.807, 2.05) is 6.07 Å². The van der Waals surface area contributed by atoms with Crippen LogP contribution in [0.1, 0.15) is 62.9 Å². The van der Waals surface area contributed by atoms with Crippen LogP contribution in [0.3, 0.4) is 0 Å². The summed E-state index contributed by atoms with van der Waals surface area (Å²) in [5.41, 5.74) is 3.25. The van der Waals surface area contributed by atoms with Crippen LogP contribution in [0.2, 0.25) is 0 Å². The molecule has 0 bridgehead atoms. The normalized spacial score (nSPS) is 15.4. The molecule has 0 saturated carbocycles. The van der Waals surface area contributed by atoms with Gasteiger partial charge in [-0.2, -0.15) is 4.98 Å². The molecule has 1 unspecified atom stereocenters. The molecule has 4 rings (SSSR count). The van der Waals surface area contributed by atoms with Gasteiger partial charge in [0.2, 0.25) is 5.82 Å². The Balaban J connectivity index is 0.000000751. The quantitative estimate of drug-likeness (QED) is 0.508. The van der Waals surface area contributed by atoms with Crippen molar-refractivity contribution in [1.29, 1.82) is 0 Å². The van der Waals surface area contributed by atoms with Crippen LogP contribution < -0.4 is 4.90 Å². The third kappa shape index (κ3) is 5.87. The number of Topliss-reactive ketones (excluding diaryl/α,β-unsaturated/α-hetero) is 1. The number of carbonyl (C=O) groups is 2. The molecule has 0 spiro atoms. The highest BCUT2D eigenvalue weighted by Crippen LogP contribution is 2.32. The van der Waals surface area contributed by atoms with Gasteiger partial charge in [0, 0.05) is 29.4 Å². The number of carbonyl (C=O) groups excluding carboxylic acids is 1. The van der Waals surface area contributed by atoms with Gasteiger partial charge >= 0.3 is 5.97 Å². The van der Waals surface area contributed by atoms with Crippen LogP contribution in [-0.4, -0.2) is 39.6 Å². The van der Waals surface area contributed by atoms with Crippen molar-refractivity contribution in [2.75, 3.05) is 11.4 Å². The minimum atomic E-state index is -1.32. The Kier molecular flexibility index (Phi) is 8.15. The molecule has 2 aromatic carbocycles. The number of ketones is 1. The maximum atomic E-state index is 14.0. The van der Waals surface area contributed by atoms with E-state index in [1.54, 1.807) is 0 Å². The molecular formula is C26H30FN3O4. The Hall–Kier alpha value is -3.55. The highest BCUT2D eigenvalue weighted by atomic mass is 19.1. The second-order valence-corrected chi connectivity index (χ2v) is 8.57. The van der Waals surface area contributed by atoms with E-state index >= 15 is 0 Å². The van der Waals surface area contributed by atoms with Gasteiger partial charge in [0.1, 0.15) is 11.6 Å². The van der Waals surface area contributed by atoms with Gasteiger partial charge in [-0.15, -0.1) is 0 Å². The Morgan fingerprint density at radius 1 is 1.15 bits per heavy atom. The number of halogens is 1. The number of rotatable bonds is 5. The topological polar surface area (TPSA) is 96.5 Å². The van der Waals surface area contributed by atoms with E-state index < -0.39 is 17.3 Å². The minimum absolute atomic E-state index is 0.167. The average Bonchev–Trinajstić information content (AvgIpc) is 3.29. The first-order valence-corrected chi connectivity index (χ1v) is 11.4. The summed E-state index contributed by atoms with van der Waals surface area (Å²) in [5.74, 6) is -1.42. The molecule has 8 heteroatoms. The van der Waals surface area contributed by atoms with Crippen molar-refractivity contribution in [2.24, 2.45) is 0 Å². The molecule has 0 amide bonds. The monoisotopic (exact) mass is 467 g/mol. The van der Waals surface area contributed by atoms with Gasteiger partial charge in [-0.1, -0.05) is 12.1 Å². The molecule has 7 nitrogen and oxygen atoms in total. The molecule has 2 heterocycles. The Labute approximate surface area is 198 Å². The van der Waals surface area contributed by atoms with E-state index in [0.29, 0.717) is 17.5 Å². The number of aromatic nitrogens is 2. The molecule has 1 aliphatic heterocycles. The molecule has 0 radical (unpaired) electrons. The summed E-state index contributed by atoms with van der Waals surface area (Å²) in [6.07, 6.45) is 4.57. The van der Waals surface area contributed by atoms with Crippen molar-refractivity contribution in [3.8, 4) is 22.8 Å². The third-order valence-corrected chi connectivity index (χ3v) is 5.70. The molecule has 1 N–H and O–H groups in total. The molecule has 1 atom stereocenters. The fourth-order valence-electron chi connectivity index (χ4n) is 4.02. The number of nitrogens with zero attached hydrogens (tertiary/aromatic N) is 3. The van der Waals surface area contributed by atoms with E-state index in [2.05, 4.69) is 41.0 Å². The zero-order chi connectivity index (χ0) is 24.8. The molecule has 3 aromatic rings. The van der Waals surface area contributed by atoms with Crippen LogP contribution >= 0.6 is 0 Å². The minimum Gasteiger partial charge on any atom is -0.478 e. The van der Waals surface area contributed by atoms with Gasteiger partial charge in [-0.05, 0) is 88.4 Å². The predicted octanol–water partition coefficient (Wildman–Crippen LogP) is 5.78. The number of aryl methyl sites for hydroxylation is 1.